The fourth-order valence-corrected chi connectivity index (χ4v) is 9.41. The number of Topliss-reactive ketones (excluding diaryl/α,β-unsaturated/α-hetero) is 2. The van der Waals surface area contributed by atoms with E-state index in [2.05, 4.69) is 4.98 Å². The van der Waals surface area contributed by atoms with Crippen LogP contribution in [0.2, 0.25) is 0 Å². The van der Waals surface area contributed by atoms with Crippen molar-refractivity contribution < 1.29 is 62.3 Å². The van der Waals surface area contributed by atoms with Crippen LogP contribution in [0.3, 0.4) is 0 Å². The molecule has 0 saturated carbocycles. The van der Waals surface area contributed by atoms with Gasteiger partial charge in [-0.05, 0) is 151 Å². The van der Waals surface area contributed by atoms with Gasteiger partial charge < -0.3 is 29.2 Å². The third kappa shape index (κ3) is 8.99. The van der Waals surface area contributed by atoms with Crippen molar-refractivity contribution in [1.82, 2.24) is 4.98 Å². The summed E-state index contributed by atoms with van der Waals surface area (Å²) in [6.45, 7) is 13.1. The number of fused-ring (bicyclic) bond motifs is 1. The second-order valence-corrected chi connectivity index (χ2v) is 18.8. The molecule has 0 spiro atoms. The molecule has 0 fully saturated rings. The Labute approximate surface area is 382 Å². The van der Waals surface area contributed by atoms with E-state index in [1.807, 2.05) is 6.92 Å². The second kappa shape index (κ2) is 17.2. The lowest BCUT2D eigenvalue weighted by Gasteiger charge is -2.46. The summed E-state index contributed by atoms with van der Waals surface area (Å²) in [5.41, 5.74) is -5.28. The Morgan fingerprint density at radius 1 is 0.818 bits per heavy atom. The first-order valence-corrected chi connectivity index (χ1v) is 21.8. The Hall–Kier alpha value is -6.29. The zero-order valence-electron chi connectivity index (χ0n) is 37.3. The van der Waals surface area contributed by atoms with E-state index >= 15 is 0 Å². The highest BCUT2D eigenvalue weighted by molar-refractivity contribution is 7.20. The van der Waals surface area contributed by atoms with Crippen molar-refractivity contribution >= 4 is 50.0 Å². The number of ether oxygens (including phenoxy) is 4. The number of rotatable bonds is 12. The van der Waals surface area contributed by atoms with Gasteiger partial charge in [0.25, 0.3) is 5.19 Å². The van der Waals surface area contributed by atoms with Gasteiger partial charge in [-0.15, -0.1) is 5.23 Å². The Morgan fingerprint density at radius 3 is 2.08 bits per heavy atom. The molecule has 13 nitrogen and oxygen atoms in total. The highest BCUT2D eigenvalue weighted by Gasteiger charge is 2.50. The maximum Gasteiger partial charge on any atom is 0.417 e. The SMILES string of the molecule is CCc1ccc(Oc2ccc(C(F)(F)F)c(C#N)c2)cc1C1=C(O)C(C)(C)OC(C)(CCCc2ccc(Oc3nc4c(N(O)O)cccc4s3)cc2C2=C([O-])C(C)(C)OC(C)(C)C2=O)C1=O. The Balaban J connectivity index is 1.21. The van der Waals surface area contributed by atoms with Gasteiger partial charge in [-0.2, -0.15) is 18.4 Å². The lowest BCUT2D eigenvalue weighted by atomic mass is 9.78. The molecule has 0 radical (unpaired) electrons. The van der Waals surface area contributed by atoms with E-state index in [1.54, 1.807) is 97.0 Å². The van der Waals surface area contributed by atoms with Gasteiger partial charge in [0.2, 0.25) is 0 Å². The standard InChI is InChI=1S/C49H48F3N3O10S/c1-9-26-15-17-30(62-29-19-20-34(49(50,51)52)28(22-29)25-53)23-32(26)38-42(58)47(6,7)65-48(8,43(38)59)21-11-12-27-16-18-31(63-44-54-39-35(55(60)61)13-10-14-36(39)66-44)24-33(27)37-40(56)45(2,3)64-46(4,5)41(37)57/h10,13-20,22-24,56,58,60-61H,9,11-12,21H2,1-8H3/p-1. The van der Waals surface area contributed by atoms with Gasteiger partial charge in [0.15, 0.2) is 11.6 Å². The maximum atomic E-state index is 14.7. The lowest BCUT2D eigenvalue weighted by molar-refractivity contribution is -0.340. The minimum absolute atomic E-state index is 0.0190. The first-order chi connectivity index (χ1) is 30.8. The molecule has 3 heterocycles. The Kier molecular flexibility index (Phi) is 12.4. The molecular weight excluding hydrogens is 880 g/mol. The summed E-state index contributed by atoms with van der Waals surface area (Å²) in [6.07, 6.45) is -3.67. The smallest absolute Gasteiger partial charge is 0.417 e. The van der Waals surface area contributed by atoms with Crippen LogP contribution in [0.5, 0.6) is 22.4 Å². The fraction of sp³-hybridized carbons (Fsp3) is 0.347. The highest BCUT2D eigenvalue weighted by Crippen LogP contribution is 2.46. The number of nitrogens with zero attached hydrogens (tertiary/aromatic N) is 3. The summed E-state index contributed by atoms with van der Waals surface area (Å²) in [4.78, 5) is 33.3. The number of ketones is 2. The minimum atomic E-state index is -4.75. The number of nitriles is 1. The molecule has 0 bridgehead atoms. The molecule has 7 rings (SSSR count). The van der Waals surface area contributed by atoms with Crippen LogP contribution in [0.15, 0.2) is 84.3 Å². The molecule has 4 aromatic carbocycles. The number of para-hydroxylation sites is 1. The monoisotopic (exact) mass is 926 g/mol. The molecule has 1 atom stereocenters. The van der Waals surface area contributed by atoms with E-state index < -0.39 is 57.0 Å². The molecule has 2 aliphatic rings. The summed E-state index contributed by atoms with van der Waals surface area (Å²) in [7, 11) is 0. The van der Waals surface area contributed by atoms with E-state index in [-0.39, 0.29) is 75.0 Å². The zero-order valence-corrected chi connectivity index (χ0v) is 38.2. The van der Waals surface area contributed by atoms with E-state index in [4.69, 9.17) is 18.9 Å². The predicted octanol–water partition coefficient (Wildman–Crippen LogP) is 10.6. The Morgan fingerprint density at radius 2 is 1.44 bits per heavy atom. The lowest BCUT2D eigenvalue weighted by Crippen LogP contribution is -2.52. The van der Waals surface area contributed by atoms with Crippen LogP contribution in [0.4, 0.5) is 18.9 Å². The van der Waals surface area contributed by atoms with Gasteiger partial charge >= 0.3 is 6.18 Å². The van der Waals surface area contributed by atoms with Crippen LogP contribution in [-0.4, -0.2) is 54.5 Å². The molecule has 0 amide bonds. The number of alkyl halides is 3. The van der Waals surface area contributed by atoms with Crippen molar-refractivity contribution in [1.29, 1.82) is 5.26 Å². The molecular formula is C49H47F3N3O10S-. The summed E-state index contributed by atoms with van der Waals surface area (Å²) >= 11 is 1.14. The number of aryl methyl sites for hydroxylation is 2. The van der Waals surface area contributed by atoms with Crippen molar-refractivity contribution in [2.24, 2.45) is 0 Å². The number of benzene rings is 4. The molecule has 2 aliphatic heterocycles. The van der Waals surface area contributed by atoms with Gasteiger partial charge in [0, 0.05) is 5.57 Å². The zero-order chi connectivity index (χ0) is 48.3. The van der Waals surface area contributed by atoms with Gasteiger partial charge in [-0.3, -0.25) is 20.0 Å². The summed E-state index contributed by atoms with van der Waals surface area (Å²) in [6, 6.07) is 19.0. The summed E-state index contributed by atoms with van der Waals surface area (Å²) in [5, 5.41) is 54.8. The number of halogens is 3. The van der Waals surface area contributed by atoms with E-state index in [1.165, 1.54) is 12.1 Å². The summed E-state index contributed by atoms with van der Waals surface area (Å²) < 4.78 is 65.6. The number of aliphatic hydroxyl groups excluding tert-OH is 1. The molecule has 5 aromatic rings. The van der Waals surface area contributed by atoms with E-state index in [0.29, 0.717) is 33.4 Å². The third-order valence-electron chi connectivity index (χ3n) is 11.7. The third-order valence-corrected chi connectivity index (χ3v) is 12.6. The number of hydrogen-bond donors (Lipinski definition) is 3. The van der Waals surface area contributed by atoms with Crippen molar-refractivity contribution in [3.8, 4) is 28.5 Å². The quantitative estimate of drug-likeness (QED) is 0.100. The van der Waals surface area contributed by atoms with Crippen molar-refractivity contribution in [3.63, 3.8) is 0 Å². The number of aromatic nitrogens is 1. The average Bonchev–Trinajstić information content (AvgIpc) is 3.65. The number of carbonyl (C=O) groups is 2. The molecule has 17 heteroatoms. The topological polar surface area (TPSA) is 195 Å². The number of thiazole rings is 1. The molecule has 1 unspecified atom stereocenters. The van der Waals surface area contributed by atoms with Gasteiger partial charge in [-0.25, -0.2) is 4.98 Å². The van der Waals surface area contributed by atoms with Crippen LogP contribution >= 0.6 is 11.3 Å². The number of carbonyl (C=O) groups excluding carboxylic acids is 2. The largest absolute Gasteiger partial charge is 0.873 e. The van der Waals surface area contributed by atoms with Crippen molar-refractivity contribution in [3.05, 3.63) is 118 Å². The Bertz CT molecular complexity index is 2890. The summed E-state index contributed by atoms with van der Waals surface area (Å²) in [5.74, 6) is -1.60. The normalized spacial score (nSPS) is 19.3. The number of hydrogen-bond acceptors (Lipinski definition) is 14. The van der Waals surface area contributed by atoms with Crippen LogP contribution in [0.25, 0.3) is 21.4 Å². The van der Waals surface area contributed by atoms with E-state index in [9.17, 15) is 48.6 Å². The molecule has 346 valence electrons. The second-order valence-electron chi connectivity index (χ2n) is 17.8. The minimum Gasteiger partial charge on any atom is -0.873 e. The van der Waals surface area contributed by atoms with Crippen molar-refractivity contribution in [2.45, 2.75) is 110 Å². The first kappa shape index (κ1) is 47.7. The van der Waals surface area contributed by atoms with Crippen LogP contribution in [-0.2, 0) is 38.1 Å². The number of anilines is 1. The van der Waals surface area contributed by atoms with Crippen molar-refractivity contribution in [2.75, 3.05) is 5.23 Å². The van der Waals surface area contributed by atoms with E-state index in [0.717, 1.165) is 29.5 Å². The van der Waals surface area contributed by atoms with Gasteiger partial charge in [0.05, 0.1) is 33.1 Å². The molecule has 0 saturated heterocycles. The van der Waals surface area contributed by atoms with Crippen LogP contribution in [0, 0.1) is 11.3 Å². The van der Waals surface area contributed by atoms with Crippen LogP contribution in [0.1, 0.15) is 102 Å². The maximum absolute atomic E-state index is 14.7. The fourth-order valence-electron chi connectivity index (χ4n) is 8.55. The predicted molar refractivity (Wildman–Crippen MR) is 236 cm³/mol. The molecule has 0 aliphatic carbocycles. The number of aliphatic hydroxyl groups is 1. The average molecular weight is 927 g/mol. The molecule has 66 heavy (non-hydrogen) atoms. The first-order valence-electron chi connectivity index (χ1n) is 21.0. The highest BCUT2D eigenvalue weighted by atomic mass is 32.1. The molecule has 3 N–H and O–H groups in total. The van der Waals surface area contributed by atoms with Gasteiger partial charge in [-0.1, -0.05) is 42.2 Å². The molecule has 1 aromatic heterocycles. The van der Waals surface area contributed by atoms with Gasteiger partial charge in [0.1, 0.15) is 51.0 Å². The van der Waals surface area contributed by atoms with Crippen LogP contribution < -0.4 is 19.8 Å².